The third-order valence-corrected chi connectivity index (χ3v) is 12.8. The highest BCUT2D eigenvalue weighted by molar-refractivity contribution is 5.71. The van der Waals surface area contributed by atoms with Crippen LogP contribution in [0.1, 0.15) is 303 Å². The lowest BCUT2D eigenvalue weighted by Gasteiger charge is -2.18. The third kappa shape index (κ3) is 54.2. The van der Waals surface area contributed by atoms with E-state index >= 15 is 0 Å². The van der Waals surface area contributed by atoms with Gasteiger partial charge in [0, 0.05) is 19.3 Å². The van der Waals surface area contributed by atoms with E-state index in [0.29, 0.717) is 25.7 Å². The molecule has 0 heterocycles. The summed E-state index contributed by atoms with van der Waals surface area (Å²) in [6.07, 6.45) is 68.2. The topological polar surface area (TPSA) is 78.9 Å². The van der Waals surface area contributed by atoms with E-state index in [2.05, 4.69) is 69.4 Å². The summed E-state index contributed by atoms with van der Waals surface area (Å²) >= 11 is 0. The monoisotopic (exact) mass is 939 g/mol. The second kappa shape index (κ2) is 56.0. The minimum Gasteiger partial charge on any atom is -0.462 e. The molecule has 0 spiro atoms. The standard InChI is InChI=1S/C61H110O6/c1-4-7-10-13-16-19-22-25-28-30-33-35-38-41-44-47-50-53-59(62)65-56-58(67-61(64)55-52-49-46-43-40-37-32-27-24-21-18-15-12-9-6-3)57-66-60(63)54-51-48-45-42-39-36-34-31-29-26-23-20-17-14-11-8-5-2/h21,24-25,28,33,35,41,44,58H,4-20,22-23,26-27,29-32,34,36-40,42-43,45-57H2,1-3H3/b24-21-,28-25-,35-33-,44-41-/t58-/m1/s1. The summed E-state index contributed by atoms with van der Waals surface area (Å²) in [5, 5.41) is 0. The average molecular weight is 940 g/mol. The number of hydrogen-bond acceptors (Lipinski definition) is 6. The highest BCUT2D eigenvalue weighted by atomic mass is 16.6. The van der Waals surface area contributed by atoms with Crippen LogP contribution in [-0.4, -0.2) is 37.2 Å². The van der Waals surface area contributed by atoms with Crippen LogP contribution in [0.4, 0.5) is 0 Å². The Bertz CT molecular complexity index is 1170. The predicted octanol–water partition coefficient (Wildman–Crippen LogP) is 19.4. The molecule has 67 heavy (non-hydrogen) atoms. The molecule has 0 unspecified atom stereocenters. The molecule has 0 aromatic carbocycles. The number of hydrogen-bond donors (Lipinski definition) is 0. The first kappa shape index (κ1) is 64.4. The fraction of sp³-hybridized carbons (Fsp3) is 0.820. The summed E-state index contributed by atoms with van der Waals surface area (Å²) in [6, 6.07) is 0. The van der Waals surface area contributed by atoms with Crippen LogP contribution in [0.5, 0.6) is 0 Å². The molecular formula is C61H110O6. The molecular weight excluding hydrogens is 829 g/mol. The number of carbonyl (C=O) groups excluding carboxylic acids is 3. The maximum Gasteiger partial charge on any atom is 0.306 e. The Labute approximate surface area is 416 Å². The Morgan fingerprint density at radius 1 is 0.299 bits per heavy atom. The van der Waals surface area contributed by atoms with Crippen molar-refractivity contribution in [3.8, 4) is 0 Å². The summed E-state index contributed by atoms with van der Waals surface area (Å²) < 4.78 is 16.8. The fourth-order valence-electron chi connectivity index (χ4n) is 8.40. The molecule has 0 aromatic rings. The molecule has 0 radical (unpaired) electrons. The average Bonchev–Trinajstić information content (AvgIpc) is 3.33. The van der Waals surface area contributed by atoms with Gasteiger partial charge in [-0.2, -0.15) is 0 Å². The normalized spacial score (nSPS) is 12.3. The lowest BCUT2D eigenvalue weighted by molar-refractivity contribution is -0.167. The molecule has 0 saturated carbocycles. The highest BCUT2D eigenvalue weighted by Gasteiger charge is 2.19. The second-order valence-corrected chi connectivity index (χ2v) is 19.6. The fourth-order valence-corrected chi connectivity index (χ4v) is 8.40. The van der Waals surface area contributed by atoms with Crippen LogP contribution in [-0.2, 0) is 28.6 Å². The van der Waals surface area contributed by atoms with Crippen molar-refractivity contribution in [3.05, 3.63) is 48.6 Å². The van der Waals surface area contributed by atoms with E-state index in [1.807, 2.05) is 0 Å². The van der Waals surface area contributed by atoms with Gasteiger partial charge >= 0.3 is 17.9 Å². The molecule has 6 heteroatoms. The van der Waals surface area contributed by atoms with E-state index in [0.717, 1.165) is 57.8 Å². The zero-order valence-electron chi connectivity index (χ0n) is 44.7. The quantitative estimate of drug-likeness (QED) is 0.0262. The smallest absolute Gasteiger partial charge is 0.306 e. The zero-order chi connectivity index (χ0) is 48.6. The van der Waals surface area contributed by atoms with Crippen molar-refractivity contribution >= 4 is 17.9 Å². The SMILES string of the molecule is CCCCCC/C=C\CCCCCCCCCC(=O)O[C@H](COC(=O)CCC/C=C\C/C=C\C/C=C\CCCCCCCC)COC(=O)CCCCCCCCCCCCCCCCCCC. The maximum atomic E-state index is 12.8. The van der Waals surface area contributed by atoms with Crippen molar-refractivity contribution in [2.45, 2.75) is 309 Å². The van der Waals surface area contributed by atoms with Crippen LogP contribution in [0.2, 0.25) is 0 Å². The molecule has 0 N–H and O–H groups in total. The minimum absolute atomic E-state index is 0.0873. The molecule has 0 aromatic heterocycles. The number of carbonyl (C=O) groups is 3. The summed E-state index contributed by atoms with van der Waals surface area (Å²) in [5.41, 5.74) is 0. The molecule has 0 amide bonds. The van der Waals surface area contributed by atoms with Gasteiger partial charge in [-0.1, -0.05) is 256 Å². The van der Waals surface area contributed by atoms with Crippen molar-refractivity contribution < 1.29 is 28.6 Å². The van der Waals surface area contributed by atoms with Gasteiger partial charge in [0.05, 0.1) is 0 Å². The van der Waals surface area contributed by atoms with Gasteiger partial charge in [-0.15, -0.1) is 0 Å². The van der Waals surface area contributed by atoms with Crippen LogP contribution in [0.3, 0.4) is 0 Å². The number of ether oxygens (including phenoxy) is 3. The highest BCUT2D eigenvalue weighted by Crippen LogP contribution is 2.16. The largest absolute Gasteiger partial charge is 0.462 e. The Morgan fingerprint density at radius 2 is 0.552 bits per heavy atom. The molecule has 0 rings (SSSR count). The van der Waals surface area contributed by atoms with Gasteiger partial charge in [-0.3, -0.25) is 14.4 Å². The van der Waals surface area contributed by atoms with E-state index in [-0.39, 0.29) is 31.1 Å². The molecule has 0 saturated heterocycles. The number of rotatable bonds is 53. The molecule has 0 aliphatic rings. The number of allylic oxidation sites excluding steroid dienone is 8. The van der Waals surface area contributed by atoms with Gasteiger partial charge in [0.1, 0.15) is 13.2 Å². The first-order valence-corrected chi connectivity index (χ1v) is 29.1. The van der Waals surface area contributed by atoms with E-state index in [4.69, 9.17) is 14.2 Å². The van der Waals surface area contributed by atoms with Crippen molar-refractivity contribution in [2.24, 2.45) is 0 Å². The van der Waals surface area contributed by atoms with E-state index in [1.54, 1.807) is 0 Å². The molecule has 0 aliphatic heterocycles. The van der Waals surface area contributed by atoms with E-state index in [1.165, 1.54) is 199 Å². The minimum atomic E-state index is -0.793. The van der Waals surface area contributed by atoms with Crippen molar-refractivity contribution in [2.75, 3.05) is 13.2 Å². The molecule has 6 nitrogen and oxygen atoms in total. The number of unbranched alkanes of at least 4 members (excludes halogenated alkanes) is 34. The summed E-state index contributed by atoms with van der Waals surface area (Å²) in [4.78, 5) is 38.1. The van der Waals surface area contributed by atoms with Gasteiger partial charge in [-0.25, -0.2) is 0 Å². The van der Waals surface area contributed by atoms with Crippen LogP contribution in [0, 0.1) is 0 Å². The Hall–Kier alpha value is -2.63. The van der Waals surface area contributed by atoms with Crippen LogP contribution < -0.4 is 0 Å². The zero-order valence-corrected chi connectivity index (χ0v) is 44.7. The van der Waals surface area contributed by atoms with Crippen molar-refractivity contribution in [1.29, 1.82) is 0 Å². The lowest BCUT2D eigenvalue weighted by Crippen LogP contribution is -2.30. The second-order valence-electron chi connectivity index (χ2n) is 19.6. The molecule has 0 aliphatic carbocycles. The molecule has 0 bridgehead atoms. The Kier molecular flexibility index (Phi) is 53.8. The summed E-state index contributed by atoms with van der Waals surface area (Å²) in [5.74, 6) is -0.932. The van der Waals surface area contributed by atoms with Crippen LogP contribution >= 0.6 is 0 Å². The van der Waals surface area contributed by atoms with Gasteiger partial charge in [0.25, 0.3) is 0 Å². The summed E-state index contributed by atoms with van der Waals surface area (Å²) in [7, 11) is 0. The van der Waals surface area contributed by atoms with Gasteiger partial charge in [0.2, 0.25) is 0 Å². The summed E-state index contributed by atoms with van der Waals surface area (Å²) in [6.45, 7) is 6.61. The predicted molar refractivity (Wildman–Crippen MR) is 289 cm³/mol. The number of esters is 3. The maximum absolute atomic E-state index is 12.8. The molecule has 0 fully saturated rings. The first-order valence-electron chi connectivity index (χ1n) is 29.1. The third-order valence-electron chi connectivity index (χ3n) is 12.8. The molecule has 1 atom stereocenters. The van der Waals surface area contributed by atoms with Gasteiger partial charge in [0.15, 0.2) is 6.10 Å². The first-order chi connectivity index (χ1) is 33.0. The van der Waals surface area contributed by atoms with Crippen molar-refractivity contribution in [3.63, 3.8) is 0 Å². The molecule has 390 valence electrons. The Morgan fingerprint density at radius 3 is 0.925 bits per heavy atom. The Balaban J connectivity index is 4.42. The van der Waals surface area contributed by atoms with Crippen LogP contribution in [0.15, 0.2) is 48.6 Å². The van der Waals surface area contributed by atoms with E-state index in [9.17, 15) is 14.4 Å². The van der Waals surface area contributed by atoms with Crippen LogP contribution in [0.25, 0.3) is 0 Å². The van der Waals surface area contributed by atoms with E-state index < -0.39 is 6.10 Å². The van der Waals surface area contributed by atoms with Crippen molar-refractivity contribution in [1.82, 2.24) is 0 Å². The lowest BCUT2D eigenvalue weighted by atomic mass is 10.0. The van der Waals surface area contributed by atoms with Gasteiger partial charge < -0.3 is 14.2 Å². The van der Waals surface area contributed by atoms with Gasteiger partial charge in [-0.05, 0) is 77.0 Å².